The Morgan fingerprint density at radius 3 is 2.69 bits per heavy atom. The number of aryl methyl sites for hydroxylation is 1. The zero-order valence-corrected chi connectivity index (χ0v) is 22.0. The summed E-state index contributed by atoms with van der Waals surface area (Å²) in [5.41, 5.74) is -0.483. The van der Waals surface area contributed by atoms with E-state index in [2.05, 4.69) is 20.6 Å². The van der Waals surface area contributed by atoms with E-state index in [1.807, 2.05) is 22.6 Å². The van der Waals surface area contributed by atoms with E-state index in [-0.39, 0.29) is 41.6 Å². The molecule has 2 aromatic carbocycles. The highest BCUT2D eigenvalue weighted by atomic mass is 127. The van der Waals surface area contributed by atoms with Crippen molar-refractivity contribution in [1.29, 1.82) is 0 Å². The number of hydrogen-bond acceptors (Lipinski definition) is 6. The van der Waals surface area contributed by atoms with Gasteiger partial charge in [0.15, 0.2) is 11.4 Å². The van der Waals surface area contributed by atoms with Gasteiger partial charge in [-0.1, -0.05) is 6.42 Å². The third-order valence-electron chi connectivity index (χ3n) is 6.75. The highest BCUT2D eigenvalue weighted by Crippen LogP contribution is 2.37. The van der Waals surface area contributed by atoms with Crippen LogP contribution in [0, 0.1) is 22.1 Å². The van der Waals surface area contributed by atoms with Crippen molar-refractivity contribution in [1.82, 2.24) is 20.2 Å². The average Bonchev–Trinajstić information content (AvgIpc) is 3.19. The van der Waals surface area contributed by atoms with Gasteiger partial charge < -0.3 is 25.3 Å². The second-order valence-electron chi connectivity index (χ2n) is 9.40. The lowest BCUT2D eigenvalue weighted by molar-refractivity contribution is -0.181. The van der Waals surface area contributed by atoms with E-state index in [9.17, 15) is 14.0 Å². The SMILES string of the molecule is CC(=O)OC1([C@@H]2CCCCN2)CN(C(=O)c2cc3[nH]c(C)nc3c(F)c2Nc2ccc(I)cc2F)C1. The van der Waals surface area contributed by atoms with Gasteiger partial charge in [-0.25, -0.2) is 13.8 Å². The number of esters is 1. The molecule has 2 aliphatic heterocycles. The Morgan fingerprint density at radius 1 is 1.25 bits per heavy atom. The second kappa shape index (κ2) is 9.58. The zero-order valence-electron chi connectivity index (χ0n) is 19.9. The summed E-state index contributed by atoms with van der Waals surface area (Å²) in [6.07, 6.45) is 2.88. The number of halogens is 3. The number of aromatic amines is 1. The number of piperidine rings is 1. The second-order valence-corrected chi connectivity index (χ2v) is 10.6. The molecule has 3 aromatic rings. The number of carbonyl (C=O) groups is 2. The summed E-state index contributed by atoms with van der Waals surface area (Å²) in [6.45, 7) is 4.23. The van der Waals surface area contributed by atoms with Gasteiger partial charge in [0.1, 0.15) is 17.2 Å². The Balaban J connectivity index is 1.50. The van der Waals surface area contributed by atoms with Crippen molar-refractivity contribution >= 4 is 56.9 Å². The zero-order chi connectivity index (χ0) is 25.6. The first kappa shape index (κ1) is 24.9. The number of likely N-dealkylation sites (tertiary alicyclic amines) is 1. The number of aromatic nitrogens is 2. The molecule has 0 spiro atoms. The molecule has 0 bridgehead atoms. The fourth-order valence-electron chi connectivity index (χ4n) is 5.11. The summed E-state index contributed by atoms with van der Waals surface area (Å²) in [4.78, 5) is 34.2. The number of nitrogens with zero attached hydrogens (tertiary/aromatic N) is 2. The van der Waals surface area contributed by atoms with Crippen molar-refractivity contribution in [3.63, 3.8) is 0 Å². The van der Waals surface area contributed by atoms with Crippen LogP contribution in [0.2, 0.25) is 0 Å². The van der Waals surface area contributed by atoms with Crippen LogP contribution in [0.4, 0.5) is 20.2 Å². The minimum Gasteiger partial charge on any atom is -0.454 e. The molecule has 0 unspecified atom stereocenters. The molecule has 3 N–H and O–H groups in total. The number of amides is 1. The van der Waals surface area contributed by atoms with Gasteiger partial charge in [0, 0.05) is 10.5 Å². The molecule has 190 valence electrons. The number of rotatable bonds is 5. The average molecular weight is 609 g/mol. The Morgan fingerprint density at radius 2 is 2.03 bits per heavy atom. The smallest absolute Gasteiger partial charge is 0.303 e. The first-order valence-corrected chi connectivity index (χ1v) is 12.9. The topological polar surface area (TPSA) is 99.4 Å². The maximum atomic E-state index is 15.7. The summed E-state index contributed by atoms with van der Waals surface area (Å²) >= 11 is 1.98. The monoisotopic (exact) mass is 609 g/mol. The van der Waals surface area contributed by atoms with Gasteiger partial charge in [-0.3, -0.25) is 9.59 Å². The minimum absolute atomic E-state index is 0.0367. The summed E-state index contributed by atoms with van der Waals surface area (Å²) in [5.74, 6) is -1.69. The van der Waals surface area contributed by atoms with E-state index in [0.717, 1.165) is 25.8 Å². The summed E-state index contributed by atoms with van der Waals surface area (Å²) in [7, 11) is 0. The van der Waals surface area contributed by atoms with Gasteiger partial charge >= 0.3 is 5.97 Å². The highest BCUT2D eigenvalue weighted by molar-refractivity contribution is 14.1. The quantitative estimate of drug-likeness (QED) is 0.293. The lowest BCUT2D eigenvalue weighted by Gasteiger charge is -2.53. The number of benzene rings is 2. The molecule has 3 heterocycles. The largest absolute Gasteiger partial charge is 0.454 e. The molecular formula is C25H26F2IN5O3. The maximum Gasteiger partial charge on any atom is 0.303 e. The molecule has 0 radical (unpaired) electrons. The number of fused-ring (bicyclic) bond motifs is 1. The number of hydrogen-bond donors (Lipinski definition) is 3. The van der Waals surface area contributed by atoms with Gasteiger partial charge in [0.05, 0.1) is 41.6 Å². The molecule has 1 amide bonds. The van der Waals surface area contributed by atoms with Crippen molar-refractivity contribution in [2.24, 2.45) is 0 Å². The van der Waals surface area contributed by atoms with Crippen LogP contribution in [0.25, 0.3) is 11.0 Å². The summed E-state index contributed by atoms with van der Waals surface area (Å²) in [5, 5.41) is 6.20. The van der Waals surface area contributed by atoms with Crippen molar-refractivity contribution in [3.8, 4) is 0 Å². The van der Waals surface area contributed by atoms with Crippen LogP contribution in [0.3, 0.4) is 0 Å². The number of H-pyrrole nitrogens is 1. The first-order valence-electron chi connectivity index (χ1n) is 11.8. The predicted octanol–water partition coefficient (Wildman–Crippen LogP) is 4.40. The number of ether oxygens (including phenoxy) is 1. The Hall–Kier alpha value is -2.80. The summed E-state index contributed by atoms with van der Waals surface area (Å²) in [6, 6.07) is 5.96. The predicted molar refractivity (Wildman–Crippen MR) is 139 cm³/mol. The van der Waals surface area contributed by atoms with Gasteiger partial charge in [0.2, 0.25) is 0 Å². The molecule has 0 saturated carbocycles. The van der Waals surface area contributed by atoms with Gasteiger partial charge in [-0.15, -0.1) is 0 Å². The molecule has 2 saturated heterocycles. The maximum absolute atomic E-state index is 15.7. The van der Waals surface area contributed by atoms with Crippen molar-refractivity contribution < 1.29 is 23.1 Å². The van der Waals surface area contributed by atoms with Crippen LogP contribution < -0.4 is 10.6 Å². The number of nitrogens with one attached hydrogen (secondary N) is 3. The lowest BCUT2D eigenvalue weighted by Crippen LogP contribution is -2.73. The van der Waals surface area contributed by atoms with Gasteiger partial charge in [-0.2, -0.15) is 0 Å². The molecule has 8 nitrogen and oxygen atoms in total. The van der Waals surface area contributed by atoms with Crippen molar-refractivity contribution in [2.75, 3.05) is 25.0 Å². The third-order valence-corrected chi connectivity index (χ3v) is 7.42. The fraction of sp³-hybridized carbons (Fsp3) is 0.400. The summed E-state index contributed by atoms with van der Waals surface area (Å²) < 4.78 is 36.7. The van der Waals surface area contributed by atoms with E-state index in [4.69, 9.17) is 4.74 Å². The van der Waals surface area contributed by atoms with E-state index < -0.39 is 29.1 Å². The molecular weight excluding hydrogens is 583 g/mol. The molecule has 5 rings (SSSR count). The third kappa shape index (κ3) is 4.54. The van der Waals surface area contributed by atoms with Crippen LogP contribution >= 0.6 is 22.6 Å². The van der Waals surface area contributed by atoms with Crippen LogP contribution in [-0.4, -0.2) is 58.0 Å². The van der Waals surface area contributed by atoms with Crippen LogP contribution in [0.15, 0.2) is 24.3 Å². The van der Waals surface area contributed by atoms with Crippen LogP contribution in [0.1, 0.15) is 42.4 Å². The van der Waals surface area contributed by atoms with E-state index in [1.165, 1.54) is 30.0 Å². The number of imidazole rings is 1. The number of anilines is 2. The van der Waals surface area contributed by atoms with E-state index in [1.54, 1.807) is 13.0 Å². The molecule has 36 heavy (non-hydrogen) atoms. The molecule has 1 aromatic heterocycles. The Bertz CT molecular complexity index is 1350. The molecule has 11 heteroatoms. The highest BCUT2D eigenvalue weighted by Gasteiger charge is 2.54. The van der Waals surface area contributed by atoms with Crippen LogP contribution in [-0.2, 0) is 9.53 Å². The van der Waals surface area contributed by atoms with Gasteiger partial charge in [-0.05, 0) is 73.2 Å². The van der Waals surface area contributed by atoms with E-state index in [0.29, 0.717) is 14.9 Å². The molecule has 2 aliphatic rings. The molecule has 2 fully saturated rings. The Kier molecular flexibility index (Phi) is 6.62. The molecule has 1 atom stereocenters. The first-order chi connectivity index (χ1) is 17.2. The minimum atomic E-state index is -0.828. The fourth-order valence-corrected chi connectivity index (χ4v) is 5.56. The van der Waals surface area contributed by atoms with Crippen molar-refractivity contribution in [3.05, 3.63) is 50.9 Å². The standard InChI is InChI=1S/C25H26F2IN5O3/c1-13-30-19-10-16(22(21(27)23(19)31-13)32-18-7-6-15(28)9-17(18)26)24(35)33-11-25(12-33,36-14(2)34)20-5-3-4-8-29-20/h6-7,9-10,20,29,32H,3-5,8,11-12H2,1-2H3,(H,30,31)/t20-/m0/s1. The van der Waals surface area contributed by atoms with Crippen LogP contribution in [0.5, 0.6) is 0 Å². The molecule has 0 aliphatic carbocycles. The Labute approximate surface area is 220 Å². The van der Waals surface area contributed by atoms with Crippen molar-refractivity contribution in [2.45, 2.75) is 44.8 Å². The number of carbonyl (C=O) groups excluding carboxylic acids is 2. The van der Waals surface area contributed by atoms with Gasteiger partial charge in [0.25, 0.3) is 5.91 Å². The lowest BCUT2D eigenvalue weighted by atomic mass is 9.81. The normalized spacial score (nSPS) is 19.1. The van der Waals surface area contributed by atoms with E-state index >= 15 is 4.39 Å².